The maximum atomic E-state index is 11.2. The smallest absolute Gasteiger partial charge is 0.159 e. The van der Waals surface area contributed by atoms with Crippen molar-refractivity contribution in [2.75, 3.05) is 11.9 Å². The highest BCUT2D eigenvalue weighted by atomic mass is 79.9. The van der Waals surface area contributed by atoms with Crippen molar-refractivity contribution >= 4 is 21.7 Å². The van der Waals surface area contributed by atoms with Crippen LogP contribution < -0.4 is 4.74 Å². The van der Waals surface area contributed by atoms with Crippen molar-refractivity contribution in [1.29, 1.82) is 0 Å². The molecule has 1 unspecified atom stereocenters. The fraction of sp³-hybridized carbons (Fsp3) is 0.500. The molecule has 0 saturated carbocycles. The zero-order valence-corrected chi connectivity index (χ0v) is 12.0. The monoisotopic (exact) mass is 298 g/mol. The first kappa shape index (κ1) is 14.2. The Bertz CT molecular complexity index is 363. The SMILES string of the molecule is CC(=O)c1cccc(OCCC(C)CCBr)c1. The van der Waals surface area contributed by atoms with E-state index in [9.17, 15) is 4.79 Å². The molecule has 0 fully saturated rings. The number of hydrogen-bond acceptors (Lipinski definition) is 2. The van der Waals surface area contributed by atoms with E-state index in [1.54, 1.807) is 13.0 Å². The summed E-state index contributed by atoms with van der Waals surface area (Å²) in [6.07, 6.45) is 2.20. The Balaban J connectivity index is 2.41. The second-order valence-electron chi connectivity index (χ2n) is 4.30. The van der Waals surface area contributed by atoms with Gasteiger partial charge in [-0.2, -0.15) is 0 Å². The first-order valence-electron chi connectivity index (χ1n) is 5.93. The zero-order chi connectivity index (χ0) is 12.7. The Morgan fingerprint density at radius 2 is 2.18 bits per heavy atom. The van der Waals surface area contributed by atoms with Crippen molar-refractivity contribution in [1.82, 2.24) is 0 Å². The number of Topliss-reactive ketones (excluding diaryl/α,β-unsaturated/α-hetero) is 1. The molecule has 0 saturated heterocycles. The summed E-state index contributed by atoms with van der Waals surface area (Å²) in [5, 5.41) is 1.04. The summed E-state index contributed by atoms with van der Waals surface area (Å²) in [7, 11) is 0. The number of ketones is 1. The lowest BCUT2D eigenvalue weighted by molar-refractivity contribution is 0.101. The Morgan fingerprint density at radius 3 is 2.82 bits per heavy atom. The van der Waals surface area contributed by atoms with Crippen LogP contribution in [0.5, 0.6) is 5.75 Å². The van der Waals surface area contributed by atoms with Crippen LogP contribution in [-0.2, 0) is 0 Å². The topological polar surface area (TPSA) is 26.3 Å². The van der Waals surface area contributed by atoms with Crippen LogP contribution in [0.1, 0.15) is 37.0 Å². The summed E-state index contributed by atoms with van der Waals surface area (Å²) in [4.78, 5) is 11.2. The van der Waals surface area contributed by atoms with Crippen LogP contribution in [0.25, 0.3) is 0 Å². The van der Waals surface area contributed by atoms with E-state index in [4.69, 9.17) is 4.74 Å². The number of rotatable bonds is 7. The number of alkyl halides is 1. The van der Waals surface area contributed by atoms with Gasteiger partial charge in [-0.1, -0.05) is 35.0 Å². The Kier molecular flexibility index (Phi) is 6.27. The van der Waals surface area contributed by atoms with Crippen molar-refractivity contribution in [3.05, 3.63) is 29.8 Å². The minimum absolute atomic E-state index is 0.0723. The van der Waals surface area contributed by atoms with Crippen molar-refractivity contribution < 1.29 is 9.53 Å². The largest absolute Gasteiger partial charge is 0.494 e. The third-order valence-corrected chi connectivity index (χ3v) is 3.18. The molecule has 0 spiro atoms. The summed E-state index contributed by atoms with van der Waals surface area (Å²) in [6, 6.07) is 7.36. The van der Waals surface area contributed by atoms with Gasteiger partial charge in [-0.3, -0.25) is 4.79 Å². The fourth-order valence-corrected chi connectivity index (χ4v) is 2.30. The highest BCUT2D eigenvalue weighted by molar-refractivity contribution is 9.09. The van der Waals surface area contributed by atoms with Crippen LogP contribution in [0.4, 0.5) is 0 Å². The standard InChI is InChI=1S/C14H19BrO2/c1-11(6-8-15)7-9-17-14-5-3-4-13(10-14)12(2)16/h3-5,10-11H,6-9H2,1-2H3. The number of hydrogen-bond donors (Lipinski definition) is 0. The lowest BCUT2D eigenvalue weighted by Gasteiger charge is -2.11. The Labute approximate surface area is 111 Å². The molecule has 0 N–H and O–H groups in total. The van der Waals surface area contributed by atoms with Gasteiger partial charge in [-0.25, -0.2) is 0 Å². The number of carbonyl (C=O) groups is 1. The molecule has 0 aliphatic heterocycles. The van der Waals surface area contributed by atoms with Gasteiger partial charge in [0, 0.05) is 10.9 Å². The third kappa shape index (κ3) is 5.35. The lowest BCUT2D eigenvalue weighted by atomic mass is 10.1. The summed E-state index contributed by atoms with van der Waals surface area (Å²) in [5.41, 5.74) is 0.705. The van der Waals surface area contributed by atoms with Crippen LogP contribution in [0.3, 0.4) is 0 Å². The Morgan fingerprint density at radius 1 is 1.41 bits per heavy atom. The molecule has 0 bridgehead atoms. The predicted octanol–water partition coefficient (Wildman–Crippen LogP) is 4.08. The molecule has 0 amide bonds. The zero-order valence-electron chi connectivity index (χ0n) is 10.4. The molecule has 1 aromatic rings. The van der Waals surface area contributed by atoms with Gasteiger partial charge in [0.25, 0.3) is 0 Å². The van der Waals surface area contributed by atoms with Gasteiger partial charge in [0.05, 0.1) is 6.61 Å². The average Bonchev–Trinajstić information content (AvgIpc) is 2.30. The molecule has 0 aliphatic carbocycles. The highest BCUT2D eigenvalue weighted by Gasteiger charge is 2.03. The molecular weight excluding hydrogens is 280 g/mol. The molecule has 3 heteroatoms. The first-order chi connectivity index (χ1) is 8.13. The van der Waals surface area contributed by atoms with Crippen molar-refractivity contribution in [3.63, 3.8) is 0 Å². The second-order valence-corrected chi connectivity index (χ2v) is 5.10. The molecule has 1 atom stereocenters. The van der Waals surface area contributed by atoms with Crippen molar-refractivity contribution in [3.8, 4) is 5.75 Å². The summed E-state index contributed by atoms with van der Waals surface area (Å²) in [5.74, 6) is 1.51. The minimum atomic E-state index is 0.0723. The van der Waals surface area contributed by atoms with E-state index in [1.165, 1.54) is 0 Å². The van der Waals surface area contributed by atoms with Gasteiger partial charge < -0.3 is 4.74 Å². The van der Waals surface area contributed by atoms with E-state index < -0.39 is 0 Å². The van der Waals surface area contributed by atoms with Gasteiger partial charge in [-0.05, 0) is 37.8 Å². The number of benzene rings is 1. The quantitative estimate of drug-likeness (QED) is 0.560. The number of carbonyl (C=O) groups excluding carboxylic acids is 1. The molecule has 0 aromatic heterocycles. The molecular formula is C14H19BrO2. The van der Waals surface area contributed by atoms with E-state index in [1.807, 2.05) is 18.2 Å². The Hall–Kier alpha value is -0.830. The van der Waals surface area contributed by atoms with E-state index in [-0.39, 0.29) is 5.78 Å². The second kappa shape index (κ2) is 7.49. The number of ether oxygens (including phenoxy) is 1. The van der Waals surface area contributed by atoms with Gasteiger partial charge in [-0.15, -0.1) is 0 Å². The van der Waals surface area contributed by atoms with E-state index >= 15 is 0 Å². The van der Waals surface area contributed by atoms with Gasteiger partial charge in [0.2, 0.25) is 0 Å². The summed E-state index contributed by atoms with van der Waals surface area (Å²) in [6.45, 7) is 4.49. The first-order valence-corrected chi connectivity index (χ1v) is 7.05. The molecule has 0 radical (unpaired) electrons. The summed E-state index contributed by atoms with van der Waals surface area (Å²) >= 11 is 3.43. The molecule has 0 heterocycles. The lowest BCUT2D eigenvalue weighted by Crippen LogP contribution is -2.05. The van der Waals surface area contributed by atoms with Crippen LogP contribution in [-0.4, -0.2) is 17.7 Å². The maximum Gasteiger partial charge on any atom is 0.159 e. The van der Waals surface area contributed by atoms with Crippen LogP contribution in [0.2, 0.25) is 0 Å². The molecule has 1 aromatic carbocycles. The molecule has 1 rings (SSSR count). The van der Waals surface area contributed by atoms with E-state index in [2.05, 4.69) is 22.9 Å². The molecule has 94 valence electrons. The van der Waals surface area contributed by atoms with Gasteiger partial charge >= 0.3 is 0 Å². The maximum absolute atomic E-state index is 11.2. The van der Waals surface area contributed by atoms with Crippen LogP contribution in [0.15, 0.2) is 24.3 Å². The highest BCUT2D eigenvalue weighted by Crippen LogP contribution is 2.15. The fourth-order valence-electron chi connectivity index (χ4n) is 1.51. The minimum Gasteiger partial charge on any atom is -0.494 e. The van der Waals surface area contributed by atoms with Gasteiger partial charge in [0.1, 0.15) is 5.75 Å². The van der Waals surface area contributed by atoms with Crippen LogP contribution in [0, 0.1) is 5.92 Å². The molecule has 17 heavy (non-hydrogen) atoms. The van der Waals surface area contributed by atoms with Crippen molar-refractivity contribution in [2.24, 2.45) is 5.92 Å². The summed E-state index contributed by atoms with van der Waals surface area (Å²) < 4.78 is 5.65. The van der Waals surface area contributed by atoms with E-state index in [0.717, 1.165) is 23.9 Å². The molecule has 2 nitrogen and oxygen atoms in total. The van der Waals surface area contributed by atoms with Crippen LogP contribution >= 0.6 is 15.9 Å². The normalized spacial score (nSPS) is 12.2. The number of halogens is 1. The van der Waals surface area contributed by atoms with Gasteiger partial charge in [0.15, 0.2) is 5.78 Å². The average molecular weight is 299 g/mol. The van der Waals surface area contributed by atoms with Crippen molar-refractivity contribution in [2.45, 2.75) is 26.7 Å². The molecule has 0 aliphatic rings. The predicted molar refractivity (Wildman–Crippen MR) is 74.1 cm³/mol. The third-order valence-electron chi connectivity index (χ3n) is 2.72. The van der Waals surface area contributed by atoms with E-state index in [0.29, 0.717) is 18.1 Å².